The summed E-state index contributed by atoms with van der Waals surface area (Å²) < 4.78 is 2.79. The van der Waals surface area contributed by atoms with Crippen LogP contribution in [0.1, 0.15) is 20.3 Å². The smallest absolute Gasteiger partial charge is 0.141 e. The van der Waals surface area contributed by atoms with E-state index in [0.717, 1.165) is 21.7 Å². The van der Waals surface area contributed by atoms with Crippen LogP contribution in [0, 0.1) is 9.62 Å². The number of aromatic nitrogens is 2. The zero-order chi connectivity index (χ0) is 9.14. The summed E-state index contributed by atoms with van der Waals surface area (Å²) in [6.45, 7) is 5.37. The average Bonchev–Trinajstić information content (AvgIpc) is 2.28. The van der Waals surface area contributed by atoms with Gasteiger partial charge in [-0.2, -0.15) is 5.10 Å². The lowest BCUT2D eigenvalue weighted by Gasteiger charge is -2.03. The molecule has 1 rings (SSSR count). The monoisotopic (exact) mass is 298 g/mol. The molecule has 0 amide bonds. The summed E-state index contributed by atoms with van der Waals surface area (Å²) in [4.78, 5) is 0. The van der Waals surface area contributed by atoms with Gasteiger partial charge in [0.15, 0.2) is 0 Å². The first-order chi connectivity index (χ1) is 5.59. The van der Waals surface area contributed by atoms with E-state index in [0.29, 0.717) is 5.92 Å². The van der Waals surface area contributed by atoms with Gasteiger partial charge in [-0.1, -0.05) is 25.4 Å². The molecular formula is C8H12ClIN2. The third kappa shape index (κ3) is 2.94. The van der Waals surface area contributed by atoms with Crippen molar-refractivity contribution in [1.29, 1.82) is 0 Å². The Morgan fingerprint density at radius 1 is 1.67 bits per heavy atom. The molecule has 0 saturated carbocycles. The molecule has 0 aliphatic carbocycles. The third-order valence-corrected chi connectivity index (χ3v) is 3.00. The van der Waals surface area contributed by atoms with Gasteiger partial charge in [-0.05, 0) is 34.9 Å². The Balaban J connectivity index is 2.53. The third-order valence-electron chi connectivity index (χ3n) is 1.61. The van der Waals surface area contributed by atoms with E-state index in [-0.39, 0.29) is 0 Å². The molecule has 68 valence electrons. The Hall–Kier alpha value is 0.230. The van der Waals surface area contributed by atoms with Gasteiger partial charge in [0.2, 0.25) is 0 Å². The second kappa shape index (κ2) is 4.46. The van der Waals surface area contributed by atoms with Crippen LogP contribution >= 0.6 is 34.2 Å². The fourth-order valence-corrected chi connectivity index (χ4v) is 1.45. The molecule has 0 atom stereocenters. The standard InChI is InChI=1S/C8H12ClIN2/c1-6(2)3-4-12-5-7(9)8(10)11-12/h5-6H,3-4H2,1-2H3. The van der Waals surface area contributed by atoms with E-state index in [2.05, 4.69) is 41.5 Å². The molecule has 2 nitrogen and oxygen atoms in total. The summed E-state index contributed by atoms with van der Waals surface area (Å²) >= 11 is 7.99. The number of hydrogen-bond donors (Lipinski definition) is 0. The van der Waals surface area contributed by atoms with Crippen LogP contribution in [-0.4, -0.2) is 9.78 Å². The van der Waals surface area contributed by atoms with Gasteiger partial charge in [0, 0.05) is 12.7 Å². The molecule has 1 aromatic rings. The SMILES string of the molecule is CC(C)CCn1cc(Cl)c(I)n1. The van der Waals surface area contributed by atoms with E-state index in [9.17, 15) is 0 Å². The summed E-state index contributed by atoms with van der Waals surface area (Å²) in [5, 5.41) is 5.00. The van der Waals surface area contributed by atoms with Crippen LogP contribution in [-0.2, 0) is 6.54 Å². The summed E-state index contributed by atoms with van der Waals surface area (Å²) in [7, 11) is 0. The highest BCUT2D eigenvalue weighted by Crippen LogP contribution is 2.16. The van der Waals surface area contributed by atoms with Crippen molar-refractivity contribution in [1.82, 2.24) is 9.78 Å². The van der Waals surface area contributed by atoms with Crippen molar-refractivity contribution in [3.8, 4) is 0 Å². The van der Waals surface area contributed by atoms with Crippen LogP contribution in [0.5, 0.6) is 0 Å². The summed E-state index contributed by atoms with van der Waals surface area (Å²) in [6, 6.07) is 0. The molecule has 1 heterocycles. The zero-order valence-electron chi connectivity index (χ0n) is 7.22. The number of hydrogen-bond acceptors (Lipinski definition) is 1. The number of aryl methyl sites for hydroxylation is 1. The zero-order valence-corrected chi connectivity index (χ0v) is 10.1. The van der Waals surface area contributed by atoms with Crippen LogP contribution in [0.2, 0.25) is 5.02 Å². The van der Waals surface area contributed by atoms with E-state index in [1.807, 2.05) is 10.9 Å². The highest BCUT2D eigenvalue weighted by molar-refractivity contribution is 14.1. The number of rotatable bonds is 3. The van der Waals surface area contributed by atoms with E-state index in [1.54, 1.807) is 0 Å². The molecule has 0 saturated heterocycles. The van der Waals surface area contributed by atoms with Gasteiger partial charge in [0.25, 0.3) is 0 Å². The predicted molar refractivity (Wildman–Crippen MR) is 59.4 cm³/mol. The fourth-order valence-electron chi connectivity index (χ4n) is 0.879. The van der Waals surface area contributed by atoms with Crippen molar-refractivity contribution >= 4 is 34.2 Å². The molecule has 12 heavy (non-hydrogen) atoms. The van der Waals surface area contributed by atoms with Crippen LogP contribution in [0.25, 0.3) is 0 Å². The van der Waals surface area contributed by atoms with Gasteiger partial charge in [-0.25, -0.2) is 0 Å². The molecule has 1 aromatic heterocycles. The molecule has 0 aliphatic rings. The minimum absolute atomic E-state index is 0.714. The van der Waals surface area contributed by atoms with Crippen molar-refractivity contribution in [2.75, 3.05) is 0 Å². The quantitative estimate of drug-likeness (QED) is 0.784. The van der Waals surface area contributed by atoms with Crippen LogP contribution in [0.15, 0.2) is 6.20 Å². The Kier molecular flexibility index (Phi) is 3.83. The molecule has 0 aliphatic heterocycles. The molecule has 0 fully saturated rings. The minimum Gasteiger partial charge on any atom is -0.270 e. The second-order valence-corrected chi connectivity index (χ2v) is 4.64. The van der Waals surface area contributed by atoms with Crippen molar-refractivity contribution in [3.05, 3.63) is 14.9 Å². The molecule has 0 unspecified atom stereocenters. The molecular weight excluding hydrogens is 286 g/mol. The van der Waals surface area contributed by atoms with Gasteiger partial charge < -0.3 is 0 Å². The summed E-state index contributed by atoms with van der Waals surface area (Å²) in [5.74, 6) is 0.714. The molecule has 0 aromatic carbocycles. The van der Waals surface area contributed by atoms with Crippen molar-refractivity contribution < 1.29 is 0 Å². The first kappa shape index (κ1) is 10.3. The highest BCUT2D eigenvalue weighted by Gasteiger charge is 2.03. The minimum atomic E-state index is 0.714. The van der Waals surface area contributed by atoms with Gasteiger partial charge in [0.05, 0.1) is 5.02 Å². The van der Waals surface area contributed by atoms with E-state index >= 15 is 0 Å². The van der Waals surface area contributed by atoms with E-state index in [1.165, 1.54) is 0 Å². The lowest BCUT2D eigenvalue weighted by Crippen LogP contribution is -2.01. The topological polar surface area (TPSA) is 17.8 Å². The van der Waals surface area contributed by atoms with Gasteiger partial charge in [-0.15, -0.1) is 0 Å². The van der Waals surface area contributed by atoms with E-state index < -0.39 is 0 Å². The molecule has 0 bridgehead atoms. The fraction of sp³-hybridized carbons (Fsp3) is 0.625. The van der Waals surface area contributed by atoms with Crippen LogP contribution < -0.4 is 0 Å². The second-order valence-electron chi connectivity index (χ2n) is 3.21. The number of nitrogens with zero attached hydrogens (tertiary/aromatic N) is 2. The Bertz CT molecular complexity index is 238. The van der Waals surface area contributed by atoms with E-state index in [4.69, 9.17) is 11.6 Å². The summed E-state index contributed by atoms with van der Waals surface area (Å²) in [5.41, 5.74) is 0. The Morgan fingerprint density at radius 2 is 2.33 bits per heavy atom. The maximum atomic E-state index is 5.85. The van der Waals surface area contributed by atoms with Crippen molar-refractivity contribution in [2.45, 2.75) is 26.8 Å². The van der Waals surface area contributed by atoms with Crippen molar-refractivity contribution in [3.63, 3.8) is 0 Å². The van der Waals surface area contributed by atoms with Gasteiger partial charge in [-0.3, -0.25) is 4.68 Å². The Morgan fingerprint density at radius 3 is 2.75 bits per heavy atom. The molecule has 0 spiro atoms. The van der Waals surface area contributed by atoms with Gasteiger partial charge >= 0.3 is 0 Å². The lowest BCUT2D eigenvalue weighted by molar-refractivity contribution is 0.486. The summed E-state index contributed by atoms with van der Waals surface area (Å²) in [6.07, 6.45) is 3.03. The molecule has 0 radical (unpaired) electrons. The maximum Gasteiger partial charge on any atom is 0.141 e. The largest absolute Gasteiger partial charge is 0.270 e. The molecule has 4 heteroatoms. The Labute approximate surface area is 91.4 Å². The highest BCUT2D eigenvalue weighted by atomic mass is 127. The van der Waals surface area contributed by atoms with Gasteiger partial charge in [0.1, 0.15) is 3.70 Å². The van der Waals surface area contributed by atoms with Crippen LogP contribution in [0.3, 0.4) is 0 Å². The first-order valence-electron chi connectivity index (χ1n) is 3.98. The normalized spacial score (nSPS) is 11.1. The average molecular weight is 299 g/mol. The molecule has 0 N–H and O–H groups in total. The number of halogens is 2. The lowest BCUT2D eigenvalue weighted by atomic mass is 10.1. The predicted octanol–water partition coefficient (Wildman–Crippen LogP) is 3.19. The first-order valence-corrected chi connectivity index (χ1v) is 5.43. The maximum absolute atomic E-state index is 5.85. The van der Waals surface area contributed by atoms with Crippen molar-refractivity contribution in [2.24, 2.45) is 5.92 Å². The van der Waals surface area contributed by atoms with Crippen LogP contribution in [0.4, 0.5) is 0 Å².